The SMILES string of the molecule is CC[C@@]1(O)CN2CC[C@@H]1C[C@@H]2[C@@H](O)c1ccnc2ccc(OC)cc12.O=S(=O)(O)O. The Morgan fingerprint density at radius 1 is 1.33 bits per heavy atom. The van der Waals surface area contributed by atoms with Gasteiger partial charge in [-0.05, 0) is 61.6 Å². The molecule has 4 N–H and O–H groups in total. The van der Waals surface area contributed by atoms with Crippen molar-refractivity contribution in [1.82, 2.24) is 9.88 Å². The van der Waals surface area contributed by atoms with Gasteiger partial charge >= 0.3 is 10.4 Å². The Balaban J connectivity index is 0.000000461. The van der Waals surface area contributed by atoms with Crippen LogP contribution in [0.5, 0.6) is 5.75 Å². The van der Waals surface area contributed by atoms with Crippen molar-refractivity contribution in [1.29, 1.82) is 0 Å². The summed E-state index contributed by atoms with van der Waals surface area (Å²) in [4.78, 5) is 6.67. The van der Waals surface area contributed by atoms with Crippen LogP contribution in [-0.4, -0.2) is 69.5 Å². The minimum absolute atomic E-state index is 0.0439. The van der Waals surface area contributed by atoms with Crippen LogP contribution in [0.15, 0.2) is 30.5 Å². The highest BCUT2D eigenvalue weighted by molar-refractivity contribution is 7.79. The molecule has 3 aliphatic rings. The van der Waals surface area contributed by atoms with E-state index in [0.717, 1.165) is 48.0 Å². The summed E-state index contributed by atoms with van der Waals surface area (Å²) in [6.07, 6.45) is 3.78. The standard InChI is InChI=1S/C20H26N2O3.H2O4S/c1-3-20(24)12-22-9-7-13(20)10-18(22)19(23)15-6-8-21-17-5-4-14(25-2)11-16(15)17;1-5(2,3)4/h4-6,8,11,13,18-19,23-24H,3,7,9-10,12H2,1-2H3;(H2,1,2,3,4)/t13-,18-,19+,20-;/m1./s1. The van der Waals surface area contributed by atoms with Gasteiger partial charge in [-0.15, -0.1) is 0 Å². The fourth-order valence-corrected chi connectivity index (χ4v) is 4.68. The molecule has 0 amide bonds. The van der Waals surface area contributed by atoms with Gasteiger partial charge in [0, 0.05) is 24.2 Å². The summed E-state index contributed by atoms with van der Waals surface area (Å²) in [7, 11) is -3.02. The first kappa shape index (κ1) is 22.9. The Kier molecular flexibility index (Phi) is 6.66. The third-order valence-electron chi connectivity index (χ3n) is 6.27. The number of benzene rings is 1. The molecule has 5 atom stereocenters. The second kappa shape index (κ2) is 8.74. The van der Waals surface area contributed by atoms with Crippen LogP contribution >= 0.6 is 0 Å². The summed E-state index contributed by atoms with van der Waals surface area (Å²) in [5.74, 6) is 1.03. The molecule has 2 aromatic rings. The summed E-state index contributed by atoms with van der Waals surface area (Å²) in [5.41, 5.74) is 1.15. The lowest BCUT2D eigenvalue weighted by atomic mass is 9.69. The van der Waals surface area contributed by atoms with E-state index in [-0.39, 0.29) is 12.0 Å². The summed E-state index contributed by atoms with van der Waals surface area (Å²) in [6, 6.07) is 7.70. The Morgan fingerprint density at radius 3 is 2.60 bits per heavy atom. The number of methoxy groups -OCH3 is 1. The molecule has 0 saturated carbocycles. The monoisotopic (exact) mass is 440 g/mol. The summed E-state index contributed by atoms with van der Waals surface area (Å²) in [6.45, 7) is 3.65. The Labute approximate surface area is 175 Å². The smallest absolute Gasteiger partial charge is 0.394 e. The zero-order valence-electron chi connectivity index (χ0n) is 17.0. The van der Waals surface area contributed by atoms with E-state index in [1.807, 2.05) is 24.3 Å². The van der Waals surface area contributed by atoms with Crippen molar-refractivity contribution in [2.45, 2.75) is 43.9 Å². The van der Waals surface area contributed by atoms with E-state index in [9.17, 15) is 10.2 Å². The number of hydrogen-bond donors (Lipinski definition) is 4. The molecule has 166 valence electrons. The van der Waals surface area contributed by atoms with E-state index < -0.39 is 22.1 Å². The molecule has 0 aliphatic carbocycles. The van der Waals surface area contributed by atoms with E-state index in [1.54, 1.807) is 13.3 Å². The van der Waals surface area contributed by atoms with E-state index in [0.29, 0.717) is 6.54 Å². The molecule has 0 spiro atoms. The van der Waals surface area contributed by atoms with Crippen molar-refractivity contribution < 1.29 is 32.5 Å². The largest absolute Gasteiger partial charge is 0.497 e. The first-order chi connectivity index (χ1) is 14.1. The molecule has 3 aliphatic heterocycles. The Bertz CT molecular complexity index is 992. The van der Waals surface area contributed by atoms with Crippen molar-refractivity contribution in [3.8, 4) is 5.75 Å². The maximum Gasteiger partial charge on any atom is 0.394 e. The highest BCUT2D eigenvalue weighted by Crippen LogP contribution is 2.44. The molecule has 3 saturated heterocycles. The van der Waals surface area contributed by atoms with Crippen molar-refractivity contribution in [2.75, 3.05) is 20.2 Å². The molecule has 2 bridgehead atoms. The number of rotatable bonds is 4. The number of pyridine rings is 1. The highest BCUT2D eigenvalue weighted by atomic mass is 32.3. The number of aromatic nitrogens is 1. The summed E-state index contributed by atoms with van der Waals surface area (Å²) in [5, 5.41) is 22.9. The highest BCUT2D eigenvalue weighted by Gasteiger charge is 2.50. The van der Waals surface area contributed by atoms with Crippen molar-refractivity contribution in [3.05, 3.63) is 36.0 Å². The van der Waals surface area contributed by atoms with Crippen molar-refractivity contribution >= 4 is 21.3 Å². The number of aliphatic hydroxyl groups excluding tert-OH is 1. The van der Waals surface area contributed by atoms with Crippen LogP contribution in [0.4, 0.5) is 0 Å². The van der Waals surface area contributed by atoms with Gasteiger partial charge in [0.1, 0.15) is 5.75 Å². The third kappa shape index (κ3) is 4.90. The average molecular weight is 441 g/mol. The van der Waals surface area contributed by atoms with Crippen LogP contribution in [-0.2, 0) is 10.4 Å². The van der Waals surface area contributed by atoms with E-state index in [4.69, 9.17) is 22.3 Å². The molecule has 1 aromatic heterocycles. The summed E-state index contributed by atoms with van der Waals surface area (Å²) >= 11 is 0. The van der Waals surface area contributed by atoms with Gasteiger partial charge in [0.25, 0.3) is 0 Å². The number of aliphatic hydroxyl groups is 2. The van der Waals surface area contributed by atoms with Crippen molar-refractivity contribution in [3.63, 3.8) is 0 Å². The first-order valence-electron chi connectivity index (χ1n) is 9.82. The fourth-order valence-electron chi connectivity index (χ4n) is 4.68. The van der Waals surface area contributed by atoms with Gasteiger partial charge in [-0.3, -0.25) is 19.0 Å². The second-order valence-electron chi connectivity index (χ2n) is 7.89. The lowest BCUT2D eigenvalue weighted by molar-refractivity contribution is -0.153. The van der Waals surface area contributed by atoms with Crippen LogP contribution < -0.4 is 4.74 Å². The van der Waals surface area contributed by atoms with Gasteiger partial charge in [0.05, 0.1) is 24.3 Å². The zero-order valence-corrected chi connectivity index (χ0v) is 17.8. The van der Waals surface area contributed by atoms with Crippen molar-refractivity contribution in [2.24, 2.45) is 5.92 Å². The Hall–Kier alpha value is -1.82. The lowest BCUT2D eigenvalue weighted by Gasteiger charge is -2.55. The number of nitrogens with zero attached hydrogens (tertiary/aromatic N) is 2. The molecule has 5 rings (SSSR count). The summed E-state index contributed by atoms with van der Waals surface area (Å²) < 4.78 is 36.9. The van der Waals surface area contributed by atoms with Crippen LogP contribution in [0.2, 0.25) is 0 Å². The minimum Gasteiger partial charge on any atom is -0.497 e. The van der Waals surface area contributed by atoms with Gasteiger partial charge in [-0.25, -0.2) is 0 Å². The molecule has 0 radical (unpaired) electrons. The quantitative estimate of drug-likeness (QED) is 0.524. The maximum atomic E-state index is 11.2. The predicted molar refractivity (Wildman–Crippen MR) is 111 cm³/mol. The molecule has 4 heterocycles. The molecular formula is C20H28N2O7S. The minimum atomic E-state index is -4.67. The first-order valence-corrected chi connectivity index (χ1v) is 11.2. The molecular weight excluding hydrogens is 412 g/mol. The number of hydrogen-bond acceptors (Lipinski definition) is 7. The van der Waals surface area contributed by atoms with Crippen LogP contribution in [0.1, 0.15) is 37.9 Å². The lowest BCUT2D eigenvalue weighted by Crippen LogP contribution is -2.63. The molecule has 9 nitrogen and oxygen atoms in total. The molecule has 1 aromatic carbocycles. The maximum absolute atomic E-state index is 11.2. The molecule has 1 unspecified atom stereocenters. The van der Waals surface area contributed by atoms with Gasteiger partial charge in [-0.1, -0.05) is 6.92 Å². The second-order valence-corrected chi connectivity index (χ2v) is 8.79. The number of fused-ring (bicyclic) bond motifs is 4. The average Bonchev–Trinajstić information content (AvgIpc) is 2.71. The predicted octanol–water partition coefficient (Wildman–Crippen LogP) is 1.86. The third-order valence-corrected chi connectivity index (χ3v) is 6.27. The van der Waals surface area contributed by atoms with Crippen LogP contribution in [0.25, 0.3) is 10.9 Å². The van der Waals surface area contributed by atoms with Gasteiger partial charge < -0.3 is 14.9 Å². The van der Waals surface area contributed by atoms with Gasteiger partial charge in [-0.2, -0.15) is 8.42 Å². The van der Waals surface area contributed by atoms with E-state index in [2.05, 4.69) is 16.8 Å². The van der Waals surface area contributed by atoms with Gasteiger partial charge in [0.2, 0.25) is 0 Å². The molecule has 3 fully saturated rings. The molecule has 30 heavy (non-hydrogen) atoms. The van der Waals surface area contributed by atoms with Crippen LogP contribution in [0.3, 0.4) is 0 Å². The normalized spacial score (nSPS) is 29.2. The van der Waals surface area contributed by atoms with E-state index in [1.165, 1.54) is 0 Å². The number of piperidine rings is 3. The van der Waals surface area contributed by atoms with Crippen LogP contribution in [0, 0.1) is 5.92 Å². The topological polar surface area (TPSA) is 140 Å². The Morgan fingerprint density at radius 2 is 2.03 bits per heavy atom. The van der Waals surface area contributed by atoms with E-state index >= 15 is 0 Å². The van der Waals surface area contributed by atoms with Gasteiger partial charge in [0.15, 0.2) is 0 Å². The zero-order chi connectivity index (χ0) is 22.1. The number of ether oxygens (including phenoxy) is 1. The molecule has 10 heteroatoms. The fraction of sp³-hybridized carbons (Fsp3) is 0.550.